The summed E-state index contributed by atoms with van der Waals surface area (Å²) >= 11 is 7.00. The molecule has 1 amide bonds. The molecule has 1 fully saturated rings. The van der Waals surface area contributed by atoms with Gasteiger partial charge < -0.3 is 0 Å². The van der Waals surface area contributed by atoms with Crippen molar-refractivity contribution < 1.29 is 4.79 Å². The zero-order valence-corrected chi connectivity index (χ0v) is 16.9. The molecular formula is C19H24N4OS2. The van der Waals surface area contributed by atoms with Gasteiger partial charge in [-0.05, 0) is 56.1 Å². The van der Waals surface area contributed by atoms with Crippen LogP contribution in [0.3, 0.4) is 0 Å². The van der Waals surface area contributed by atoms with E-state index in [2.05, 4.69) is 36.2 Å². The summed E-state index contributed by atoms with van der Waals surface area (Å²) in [6.07, 6.45) is 4.89. The molecule has 0 radical (unpaired) electrons. The Labute approximate surface area is 163 Å². The van der Waals surface area contributed by atoms with Gasteiger partial charge in [0.1, 0.15) is 0 Å². The minimum absolute atomic E-state index is 0.140. The Morgan fingerprint density at radius 2 is 2.12 bits per heavy atom. The smallest absolute Gasteiger partial charge is 0.228 e. The average Bonchev–Trinajstić information content (AvgIpc) is 3.27. The fraction of sp³-hybridized carbons (Fsp3) is 0.526. The molecule has 5 nitrogen and oxygen atoms in total. The lowest BCUT2D eigenvalue weighted by Gasteiger charge is -2.25. The van der Waals surface area contributed by atoms with Crippen molar-refractivity contribution in [3.8, 4) is 0 Å². The summed E-state index contributed by atoms with van der Waals surface area (Å²) < 4.78 is 2.60. The summed E-state index contributed by atoms with van der Waals surface area (Å²) in [7, 11) is 2.13. The topological polar surface area (TPSA) is 41.4 Å². The number of fused-ring (bicyclic) bond motifs is 1. The standard InChI is InChI=1S/C19H24N4OS2/c1-3-17(24)23(14-9-10-14)18-20-22(19(25)26-18)12-21(2)16-11-8-13-6-4-5-7-15(13)16/h4-7,14,16H,3,8-12H2,1-2H3. The van der Waals surface area contributed by atoms with E-state index in [9.17, 15) is 4.79 Å². The first kappa shape index (κ1) is 17.8. The first-order valence-electron chi connectivity index (χ1n) is 9.26. The van der Waals surface area contributed by atoms with Crippen LogP contribution in [-0.2, 0) is 17.9 Å². The maximum Gasteiger partial charge on any atom is 0.228 e. The highest BCUT2D eigenvalue weighted by atomic mass is 32.1. The van der Waals surface area contributed by atoms with Gasteiger partial charge in [0.25, 0.3) is 0 Å². The number of anilines is 1. The maximum atomic E-state index is 12.3. The molecule has 1 saturated carbocycles. The molecule has 0 bridgehead atoms. The number of aromatic nitrogens is 2. The second kappa shape index (κ2) is 7.21. The number of aryl methyl sites for hydroxylation is 1. The van der Waals surface area contributed by atoms with Gasteiger partial charge in [0, 0.05) is 18.5 Å². The summed E-state index contributed by atoms with van der Waals surface area (Å²) in [6.45, 7) is 2.55. The molecule has 0 N–H and O–H groups in total. The van der Waals surface area contributed by atoms with Gasteiger partial charge in [-0.2, -0.15) is 0 Å². The van der Waals surface area contributed by atoms with E-state index >= 15 is 0 Å². The number of amides is 1. The van der Waals surface area contributed by atoms with Crippen molar-refractivity contribution in [1.29, 1.82) is 0 Å². The molecule has 2 aliphatic carbocycles. The molecule has 1 unspecified atom stereocenters. The normalized spacial score (nSPS) is 19.0. The van der Waals surface area contributed by atoms with Crippen molar-refractivity contribution in [3.05, 3.63) is 39.3 Å². The van der Waals surface area contributed by atoms with E-state index < -0.39 is 0 Å². The second-order valence-electron chi connectivity index (χ2n) is 7.15. The number of hydrogen-bond acceptors (Lipinski definition) is 5. The predicted octanol–water partition coefficient (Wildman–Crippen LogP) is 4.16. The largest absolute Gasteiger partial charge is 0.284 e. The van der Waals surface area contributed by atoms with Crippen LogP contribution in [-0.4, -0.2) is 33.7 Å². The van der Waals surface area contributed by atoms with Crippen molar-refractivity contribution in [3.63, 3.8) is 0 Å². The number of nitrogens with zero attached hydrogens (tertiary/aromatic N) is 4. The zero-order valence-electron chi connectivity index (χ0n) is 15.2. The molecule has 2 aliphatic rings. The van der Waals surface area contributed by atoms with Crippen LogP contribution in [0.15, 0.2) is 24.3 Å². The van der Waals surface area contributed by atoms with Gasteiger partial charge in [-0.25, -0.2) is 4.68 Å². The molecule has 4 rings (SSSR count). The van der Waals surface area contributed by atoms with Gasteiger partial charge in [-0.1, -0.05) is 42.5 Å². The van der Waals surface area contributed by atoms with E-state index in [0.29, 0.717) is 25.2 Å². The van der Waals surface area contributed by atoms with E-state index in [-0.39, 0.29) is 5.91 Å². The van der Waals surface area contributed by atoms with Crippen molar-refractivity contribution >= 4 is 34.6 Å². The Morgan fingerprint density at radius 1 is 1.35 bits per heavy atom. The van der Waals surface area contributed by atoms with E-state index in [1.807, 2.05) is 16.5 Å². The van der Waals surface area contributed by atoms with Gasteiger partial charge in [-0.15, -0.1) is 5.10 Å². The van der Waals surface area contributed by atoms with Crippen LogP contribution in [0.25, 0.3) is 0 Å². The molecule has 1 atom stereocenters. The van der Waals surface area contributed by atoms with Crippen LogP contribution in [0.4, 0.5) is 5.13 Å². The Morgan fingerprint density at radius 3 is 2.85 bits per heavy atom. The van der Waals surface area contributed by atoms with Crippen molar-refractivity contribution in [2.75, 3.05) is 11.9 Å². The third-order valence-electron chi connectivity index (χ3n) is 5.28. The molecule has 7 heteroatoms. The number of carbonyl (C=O) groups excluding carboxylic acids is 1. The molecule has 2 aromatic rings. The molecular weight excluding hydrogens is 364 g/mol. The van der Waals surface area contributed by atoms with Crippen molar-refractivity contribution in [2.24, 2.45) is 0 Å². The Bertz CT molecular complexity index is 870. The molecule has 138 valence electrons. The predicted molar refractivity (Wildman–Crippen MR) is 107 cm³/mol. The Balaban J connectivity index is 1.53. The van der Waals surface area contributed by atoms with Crippen LogP contribution in [0, 0.1) is 3.95 Å². The maximum absolute atomic E-state index is 12.3. The van der Waals surface area contributed by atoms with Gasteiger partial charge in [-0.3, -0.25) is 14.6 Å². The summed E-state index contributed by atoms with van der Waals surface area (Å²) in [5, 5.41) is 5.46. The van der Waals surface area contributed by atoms with Crippen LogP contribution in [0.5, 0.6) is 0 Å². The first-order chi connectivity index (χ1) is 12.6. The van der Waals surface area contributed by atoms with Crippen molar-refractivity contribution in [1.82, 2.24) is 14.7 Å². The summed E-state index contributed by atoms with van der Waals surface area (Å²) in [5.41, 5.74) is 2.86. The highest BCUT2D eigenvalue weighted by Gasteiger charge is 2.35. The van der Waals surface area contributed by atoms with Gasteiger partial charge in [0.05, 0.1) is 6.67 Å². The molecule has 0 saturated heterocycles. The number of carbonyl (C=O) groups is 1. The zero-order chi connectivity index (χ0) is 18.3. The molecule has 1 aromatic carbocycles. The van der Waals surface area contributed by atoms with Gasteiger partial charge in [0.15, 0.2) is 3.95 Å². The van der Waals surface area contributed by atoms with Gasteiger partial charge in [0.2, 0.25) is 11.0 Å². The van der Waals surface area contributed by atoms with E-state index in [0.717, 1.165) is 34.8 Å². The van der Waals surface area contributed by atoms with Crippen molar-refractivity contribution in [2.45, 2.75) is 57.8 Å². The van der Waals surface area contributed by atoms with Crippen LogP contribution < -0.4 is 4.90 Å². The Hall–Kier alpha value is -1.57. The quantitative estimate of drug-likeness (QED) is 0.697. The van der Waals surface area contributed by atoms with Gasteiger partial charge >= 0.3 is 0 Å². The highest BCUT2D eigenvalue weighted by Crippen LogP contribution is 2.36. The number of rotatable bonds is 6. The molecule has 1 aromatic heterocycles. The third-order valence-corrected chi connectivity index (χ3v) is 6.58. The summed E-state index contributed by atoms with van der Waals surface area (Å²) in [6, 6.07) is 9.39. The monoisotopic (exact) mass is 388 g/mol. The molecule has 0 spiro atoms. The molecule has 0 aliphatic heterocycles. The first-order valence-corrected chi connectivity index (χ1v) is 10.5. The fourth-order valence-electron chi connectivity index (χ4n) is 3.75. The van der Waals surface area contributed by atoms with Crippen LogP contribution in [0.1, 0.15) is 49.8 Å². The highest BCUT2D eigenvalue weighted by molar-refractivity contribution is 7.73. The summed E-state index contributed by atoms with van der Waals surface area (Å²) in [4.78, 5) is 16.5. The number of hydrogen-bond donors (Lipinski definition) is 0. The van der Waals surface area contributed by atoms with E-state index in [1.54, 1.807) is 0 Å². The SMILES string of the molecule is CCC(=O)N(c1nn(CN(C)C2CCc3ccccc32)c(=S)s1)C1CC1. The second-order valence-corrected chi connectivity index (χ2v) is 8.75. The lowest BCUT2D eigenvalue weighted by Crippen LogP contribution is -2.32. The minimum Gasteiger partial charge on any atom is -0.284 e. The third kappa shape index (κ3) is 3.35. The van der Waals surface area contributed by atoms with E-state index in [4.69, 9.17) is 17.3 Å². The van der Waals surface area contributed by atoms with Crippen LogP contribution in [0.2, 0.25) is 0 Å². The molecule has 26 heavy (non-hydrogen) atoms. The summed E-state index contributed by atoms with van der Waals surface area (Å²) in [5.74, 6) is 0.140. The average molecular weight is 389 g/mol. The van der Waals surface area contributed by atoms with Crippen LogP contribution >= 0.6 is 23.6 Å². The lowest BCUT2D eigenvalue weighted by molar-refractivity contribution is -0.118. The molecule has 1 heterocycles. The number of benzene rings is 1. The minimum atomic E-state index is 0.140. The van der Waals surface area contributed by atoms with E-state index in [1.165, 1.54) is 22.5 Å². The Kier molecular flexibility index (Phi) is 4.94. The fourth-order valence-corrected chi connectivity index (χ4v) is 4.92. The lowest BCUT2D eigenvalue weighted by atomic mass is 10.1.